The van der Waals surface area contributed by atoms with Crippen LogP contribution in [0.15, 0.2) is 55.1 Å². The van der Waals surface area contributed by atoms with E-state index < -0.39 is 0 Å². The van der Waals surface area contributed by atoms with Crippen LogP contribution < -0.4 is 0 Å². The number of ether oxygens (including phenoxy) is 1. The number of carbonyl (C=O) groups is 1. The van der Waals surface area contributed by atoms with Crippen LogP contribution >= 0.6 is 23.2 Å². The molecule has 2 rings (SSSR count). The van der Waals surface area contributed by atoms with Gasteiger partial charge in [-0.1, -0.05) is 66.2 Å². The predicted octanol–water partition coefficient (Wildman–Crippen LogP) is 5.32. The van der Waals surface area contributed by atoms with Crippen LogP contribution in [0.1, 0.15) is 12.0 Å². The lowest BCUT2D eigenvalue weighted by Crippen LogP contribution is -2.06. The quantitative estimate of drug-likeness (QED) is 0.527. The number of hydrogen-bond donors (Lipinski definition) is 0. The number of rotatable bonds is 6. The molecule has 114 valence electrons. The number of aryl methyl sites for hydroxylation is 1. The molecule has 0 heterocycles. The highest BCUT2D eigenvalue weighted by Crippen LogP contribution is 2.30. The smallest absolute Gasteiger partial charge is 0.306 e. The van der Waals surface area contributed by atoms with Crippen LogP contribution in [0, 0.1) is 0 Å². The van der Waals surface area contributed by atoms with Crippen molar-refractivity contribution in [3.05, 3.63) is 70.7 Å². The second-order valence-corrected chi connectivity index (χ2v) is 5.57. The second kappa shape index (κ2) is 8.02. The third-order valence-electron chi connectivity index (χ3n) is 3.21. The van der Waals surface area contributed by atoms with Gasteiger partial charge in [0.15, 0.2) is 0 Å². The van der Waals surface area contributed by atoms with E-state index in [1.54, 1.807) is 12.1 Å². The zero-order valence-electron chi connectivity index (χ0n) is 12.0. The van der Waals surface area contributed by atoms with Crippen molar-refractivity contribution in [3.8, 4) is 11.1 Å². The molecule has 0 aliphatic carbocycles. The molecule has 22 heavy (non-hydrogen) atoms. The summed E-state index contributed by atoms with van der Waals surface area (Å²) in [7, 11) is 0. The van der Waals surface area contributed by atoms with Crippen molar-refractivity contribution in [2.24, 2.45) is 0 Å². The van der Waals surface area contributed by atoms with E-state index in [1.165, 1.54) is 0 Å². The van der Waals surface area contributed by atoms with E-state index in [2.05, 4.69) is 6.58 Å². The molecule has 0 radical (unpaired) electrons. The Kier molecular flexibility index (Phi) is 6.05. The number of halogens is 2. The maximum atomic E-state index is 11.6. The van der Waals surface area contributed by atoms with Crippen molar-refractivity contribution >= 4 is 29.2 Å². The fraction of sp³-hybridized carbons (Fsp3) is 0.167. The molecule has 4 heteroatoms. The monoisotopic (exact) mass is 334 g/mol. The maximum absolute atomic E-state index is 11.6. The van der Waals surface area contributed by atoms with Gasteiger partial charge >= 0.3 is 5.97 Å². The summed E-state index contributed by atoms with van der Waals surface area (Å²) in [6.07, 6.45) is 2.49. The number of esters is 1. The fourth-order valence-corrected chi connectivity index (χ4v) is 2.44. The van der Waals surface area contributed by atoms with Gasteiger partial charge in [0.2, 0.25) is 0 Å². The molecule has 0 aliphatic heterocycles. The van der Waals surface area contributed by atoms with E-state index in [4.69, 9.17) is 27.9 Å². The van der Waals surface area contributed by atoms with Gasteiger partial charge in [0.05, 0.1) is 10.0 Å². The zero-order valence-corrected chi connectivity index (χ0v) is 13.5. The van der Waals surface area contributed by atoms with Crippen LogP contribution in [0.4, 0.5) is 0 Å². The Morgan fingerprint density at radius 3 is 2.64 bits per heavy atom. The van der Waals surface area contributed by atoms with E-state index >= 15 is 0 Å². The summed E-state index contributed by atoms with van der Waals surface area (Å²) >= 11 is 12.0. The SMILES string of the molecule is C=CCOC(=O)CCc1ccccc1-c1ccc(Cl)c(Cl)c1. The first-order valence-electron chi connectivity index (χ1n) is 6.91. The lowest BCUT2D eigenvalue weighted by Gasteiger charge is -2.10. The molecule has 0 saturated heterocycles. The Balaban J connectivity index is 2.17. The van der Waals surface area contributed by atoms with Crippen LogP contribution in [0.5, 0.6) is 0 Å². The standard InChI is InChI=1S/C18H16Cl2O2/c1-2-11-22-18(21)10-8-13-5-3-4-6-15(13)14-7-9-16(19)17(20)12-14/h2-7,9,12H,1,8,10-11H2. The molecule has 2 aromatic carbocycles. The number of carbonyl (C=O) groups excluding carboxylic acids is 1. The van der Waals surface area contributed by atoms with E-state index in [-0.39, 0.29) is 12.6 Å². The Hall–Kier alpha value is -1.77. The Morgan fingerprint density at radius 2 is 1.91 bits per heavy atom. The minimum Gasteiger partial charge on any atom is -0.461 e. The van der Waals surface area contributed by atoms with Crippen LogP contribution in [-0.4, -0.2) is 12.6 Å². The molecule has 0 aliphatic rings. The Bertz CT molecular complexity index is 681. The highest BCUT2D eigenvalue weighted by molar-refractivity contribution is 6.42. The molecule has 0 spiro atoms. The predicted molar refractivity (Wildman–Crippen MR) is 91.4 cm³/mol. The molecular weight excluding hydrogens is 319 g/mol. The molecule has 0 N–H and O–H groups in total. The summed E-state index contributed by atoms with van der Waals surface area (Å²) in [6, 6.07) is 13.4. The van der Waals surface area contributed by atoms with Gasteiger partial charge in [0, 0.05) is 6.42 Å². The third kappa shape index (κ3) is 4.36. The molecule has 2 aromatic rings. The Labute approximate surface area is 140 Å². The topological polar surface area (TPSA) is 26.3 Å². The summed E-state index contributed by atoms with van der Waals surface area (Å²) in [4.78, 5) is 11.6. The lowest BCUT2D eigenvalue weighted by molar-refractivity contribution is -0.142. The van der Waals surface area contributed by atoms with Crippen LogP contribution in [0.3, 0.4) is 0 Å². The van der Waals surface area contributed by atoms with Crippen molar-refractivity contribution in [2.75, 3.05) is 6.61 Å². The van der Waals surface area contributed by atoms with Gasteiger partial charge in [0.1, 0.15) is 6.61 Å². The molecule has 0 amide bonds. The van der Waals surface area contributed by atoms with E-state index in [0.29, 0.717) is 22.9 Å². The van der Waals surface area contributed by atoms with Crippen LogP contribution in [0.2, 0.25) is 10.0 Å². The first-order chi connectivity index (χ1) is 10.6. The number of hydrogen-bond acceptors (Lipinski definition) is 2. The normalized spacial score (nSPS) is 10.3. The molecular formula is C18H16Cl2O2. The summed E-state index contributed by atoms with van der Waals surface area (Å²) in [5.41, 5.74) is 3.08. The highest BCUT2D eigenvalue weighted by Gasteiger charge is 2.09. The molecule has 0 atom stereocenters. The van der Waals surface area contributed by atoms with E-state index in [1.807, 2.05) is 36.4 Å². The maximum Gasteiger partial charge on any atom is 0.306 e. The number of benzene rings is 2. The van der Waals surface area contributed by atoms with Gasteiger partial charge in [-0.15, -0.1) is 0 Å². The molecule has 0 saturated carbocycles. The summed E-state index contributed by atoms with van der Waals surface area (Å²) < 4.78 is 5.00. The van der Waals surface area contributed by atoms with Crippen LogP contribution in [0.25, 0.3) is 11.1 Å². The van der Waals surface area contributed by atoms with Crippen molar-refractivity contribution in [3.63, 3.8) is 0 Å². The van der Waals surface area contributed by atoms with Gasteiger partial charge in [0.25, 0.3) is 0 Å². The average Bonchev–Trinajstić information content (AvgIpc) is 2.54. The van der Waals surface area contributed by atoms with Crippen LogP contribution in [-0.2, 0) is 16.0 Å². The highest BCUT2D eigenvalue weighted by atomic mass is 35.5. The Morgan fingerprint density at radius 1 is 1.14 bits per heavy atom. The molecule has 0 fully saturated rings. The molecule has 0 unspecified atom stereocenters. The van der Waals surface area contributed by atoms with Gasteiger partial charge in [-0.25, -0.2) is 0 Å². The van der Waals surface area contributed by atoms with Gasteiger partial charge in [-0.3, -0.25) is 4.79 Å². The van der Waals surface area contributed by atoms with Gasteiger partial charge < -0.3 is 4.74 Å². The van der Waals surface area contributed by atoms with Crippen molar-refractivity contribution < 1.29 is 9.53 Å². The summed E-state index contributed by atoms with van der Waals surface area (Å²) in [6.45, 7) is 3.76. The molecule has 0 aromatic heterocycles. The molecule has 2 nitrogen and oxygen atoms in total. The van der Waals surface area contributed by atoms with Crippen molar-refractivity contribution in [2.45, 2.75) is 12.8 Å². The first-order valence-corrected chi connectivity index (χ1v) is 7.67. The zero-order chi connectivity index (χ0) is 15.9. The van der Waals surface area contributed by atoms with Gasteiger partial charge in [-0.2, -0.15) is 0 Å². The average molecular weight is 335 g/mol. The van der Waals surface area contributed by atoms with Gasteiger partial charge in [-0.05, 0) is 35.2 Å². The second-order valence-electron chi connectivity index (χ2n) is 4.76. The summed E-state index contributed by atoms with van der Waals surface area (Å²) in [5.74, 6) is -0.233. The minimum atomic E-state index is -0.233. The molecule has 0 bridgehead atoms. The fourth-order valence-electron chi connectivity index (χ4n) is 2.14. The summed E-state index contributed by atoms with van der Waals surface area (Å²) in [5, 5.41) is 1.04. The van der Waals surface area contributed by atoms with Crippen molar-refractivity contribution in [1.82, 2.24) is 0 Å². The first kappa shape index (κ1) is 16.6. The van der Waals surface area contributed by atoms with Crippen molar-refractivity contribution in [1.29, 1.82) is 0 Å². The third-order valence-corrected chi connectivity index (χ3v) is 3.95. The van der Waals surface area contributed by atoms with E-state index in [0.717, 1.165) is 16.7 Å². The van der Waals surface area contributed by atoms with E-state index in [9.17, 15) is 4.79 Å². The lowest BCUT2D eigenvalue weighted by atomic mass is 9.97. The minimum absolute atomic E-state index is 0.233. The largest absolute Gasteiger partial charge is 0.461 e.